The van der Waals surface area contributed by atoms with Gasteiger partial charge in [-0.1, -0.05) is 158 Å². The van der Waals surface area contributed by atoms with E-state index >= 15 is 0 Å². The van der Waals surface area contributed by atoms with Crippen LogP contribution in [0.5, 0.6) is 0 Å². The van der Waals surface area contributed by atoms with Gasteiger partial charge in [-0.2, -0.15) is 0 Å². The molecule has 0 bridgehead atoms. The molecule has 1 heterocycles. The molecule has 0 atom stereocenters. The van der Waals surface area contributed by atoms with Gasteiger partial charge in [0.25, 0.3) is 0 Å². The van der Waals surface area contributed by atoms with Gasteiger partial charge in [-0.3, -0.25) is 0 Å². The molecule has 1 aromatic heterocycles. The highest BCUT2D eigenvalue weighted by Gasteiger charge is 2.16. The first-order valence-corrected chi connectivity index (χ1v) is 17.3. The molecule has 5 aromatic carbocycles. The summed E-state index contributed by atoms with van der Waals surface area (Å²) in [5.74, 6) is 0.724. The van der Waals surface area contributed by atoms with E-state index in [0.29, 0.717) is 0 Å². The zero-order chi connectivity index (χ0) is 27.5. The zero-order valence-electron chi connectivity index (χ0n) is 23.2. The van der Waals surface area contributed by atoms with Crippen molar-refractivity contribution in [3.63, 3.8) is 0 Å². The summed E-state index contributed by atoms with van der Waals surface area (Å²) < 4.78 is 0. The lowest BCUT2D eigenvalue weighted by Gasteiger charge is -2.17. The molecular weight excluding hydrogens is 501 g/mol. The predicted octanol–water partition coefficient (Wildman–Crippen LogP) is 9.36. The molecule has 0 aliphatic rings. The Labute approximate surface area is 238 Å². The van der Waals surface area contributed by atoms with E-state index in [1.807, 2.05) is 36.4 Å². The van der Waals surface area contributed by atoms with Gasteiger partial charge in [-0.15, -0.1) is 0 Å². The van der Waals surface area contributed by atoms with Crippen molar-refractivity contribution >= 4 is 13.3 Å². The summed E-state index contributed by atoms with van der Waals surface area (Å²) in [5, 5.41) is 1.48. The Kier molecular flexibility index (Phi) is 6.98. The van der Waals surface area contributed by atoms with E-state index in [9.17, 15) is 0 Å². The molecule has 3 heteroatoms. The van der Waals surface area contributed by atoms with Crippen LogP contribution >= 0.6 is 0 Å². The molecule has 6 aromatic rings. The largest absolute Gasteiger partial charge is 0.228 e. The minimum absolute atomic E-state index is 0.724. The summed E-state index contributed by atoms with van der Waals surface area (Å²) in [6.07, 6.45) is 0. The van der Waals surface area contributed by atoms with Gasteiger partial charge in [-0.05, 0) is 28.3 Å². The maximum absolute atomic E-state index is 5.07. The molecule has 0 radical (unpaired) electrons. The van der Waals surface area contributed by atoms with Crippen LogP contribution in [0.15, 0.2) is 140 Å². The lowest BCUT2D eigenvalue weighted by molar-refractivity contribution is 1.18. The first-order valence-electron chi connectivity index (χ1n) is 13.8. The third kappa shape index (κ3) is 5.42. The molecule has 0 amide bonds. The number of aromatic nitrogens is 2. The summed E-state index contributed by atoms with van der Waals surface area (Å²) in [4.78, 5) is 10.1. The molecule has 0 N–H and O–H groups in total. The van der Waals surface area contributed by atoms with Crippen molar-refractivity contribution < 1.29 is 0 Å². The van der Waals surface area contributed by atoms with Crippen molar-refractivity contribution in [2.75, 3.05) is 0 Å². The van der Waals surface area contributed by atoms with Gasteiger partial charge in [0.1, 0.15) is 0 Å². The van der Waals surface area contributed by atoms with Crippen LogP contribution in [0.4, 0.5) is 0 Å². The lowest BCUT2D eigenvalue weighted by Crippen LogP contribution is -2.37. The molecule has 6 rings (SSSR count). The van der Waals surface area contributed by atoms with E-state index in [4.69, 9.17) is 9.97 Å². The number of hydrogen-bond acceptors (Lipinski definition) is 2. The van der Waals surface area contributed by atoms with Crippen molar-refractivity contribution in [2.45, 2.75) is 19.6 Å². The van der Waals surface area contributed by atoms with Crippen molar-refractivity contribution in [2.24, 2.45) is 0 Å². The predicted molar refractivity (Wildman–Crippen MR) is 172 cm³/mol. The highest BCUT2D eigenvalue weighted by Crippen LogP contribution is 2.34. The Morgan fingerprint density at radius 2 is 0.825 bits per heavy atom. The van der Waals surface area contributed by atoms with Crippen molar-refractivity contribution in [1.82, 2.24) is 9.97 Å². The van der Waals surface area contributed by atoms with Gasteiger partial charge in [0.05, 0.1) is 19.5 Å². The van der Waals surface area contributed by atoms with E-state index in [-0.39, 0.29) is 0 Å². The number of nitrogens with zero attached hydrogens (tertiary/aromatic N) is 2. The second-order valence-electron chi connectivity index (χ2n) is 11.1. The van der Waals surface area contributed by atoms with Crippen LogP contribution in [-0.4, -0.2) is 18.0 Å². The van der Waals surface area contributed by atoms with E-state index in [1.54, 1.807) is 0 Å². The third-order valence-corrected chi connectivity index (χ3v) is 9.38. The lowest BCUT2D eigenvalue weighted by atomic mass is 9.96. The quantitative estimate of drug-likeness (QED) is 0.200. The van der Waals surface area contributed by atoms with Gasteiger partial charge >= 0.3 is 0 Å². The highest BCUT2D eigenvalue weighted by molar-refractivity contribution is 6.88. The second kappa shape index (κ2) is 10.9. The van der Waals surface area contributed by atoms with Crippen LogP contribution in [-0.2, 0) is 0 Å². The molecule has 40 heavy (non-hydrogen) atoms. The summed E-state index contributed by atoms with van der Waals surface area (Å²) in [7, 11) is -1.31. The van der Waals surface area contributed by atoms with Crippen LogP contribution in [0.3, 0.4) is 0 Å². The fourth-order valence-corrected chi connectivity index (χ4v) is 6.18. The Bertz CT molecular complexity index is 1680. The molecule has 0 spiro atoms. The maximum Gasteiger partial charge on any atom is 0.161 e. The third-order valence-electron chi connectivity index (χ3n) is 7.31. The van der Waals surface area contributed by atoms with E-state index in [0.717, 1.165) is 45.0 Å². The topological polar surface area (TPSA) is 25.8 Å². The first kappa shape index (κ1) is 25.7. The van der Waals surface area contributed by atoms with Crippen LogP contribution in [0.2, 0.25) is 19.6 Å². The standard InChI is InChI=1S/C37H32N2Si/c1-40(2,3)32-24-22-28(23-25-32)27-18-20-29(21-19-27)33-16-10-11-17-34(33)37-38-35(30-12-6-4-7-13-30)26-36(39-37)31-14-8-5-9-15-31/h4-26H,1-3H3. The number of benzene rings is 5. The molecular formula is C37H32N2Si. The Morgan fingerprint density at radius 3 is 1.32 bits per heavy atom. The minimum atomic E-state index is -1.31. The van der Waals surface area contributed by atoms with E-state index in [1.165, 1.54) is 16.3 Å². The summed E-state index contributed by atoms with van der Waals surface area (Å²) in [6, 6.07) is 49.1. The van der Waals surface area contributed by atoms with Gasteiger partial charge in [0, 0.05) is 16.7 Å². The molecule has 0 aliphatic heterocycles. The SMILES string of the molecule is C[Si](C)(C)c1ccc(-c2ccc(-c3ccccc3-c3nc(-c4ccccc4)cc(-c4ccccc4)n3)cc2)cc1. The Morgan fingerprint density at radius 1 is 0.400 bits per heavy atom. The highest BCUT2D eigenvalue weighted by atomic mass is 28.3. The van der Waals surface area contributed by atoms with Gasteiger partial charge < -0.3 is 0 Å². The van der Waals surface area contributed by atoms with Gasteiger partial charge in [0.2, 0.25) is 0 Å². The van der Waals surface area contributed by atoms with Crippen molar-refractivity contribution in [1.29, 1.82) is 0 Å². The average molecular weight is 533 g/mol. The molecule has 0 fully saturated rings. The number of hydrogen-bond donors (Lipinski definition) is 0. The normalized spacial score (nSPS) is 11.4. The Balaban J connectivity index is 1.41. The Hall–Kier alpha value is -4.60. The van der Waals surface area contributed by atoms with Gasteiger partial charge in [-0.25, -0.2) is 9.97 Å². The first-order chi connectivity index (χ1) is 19.5. The van der Waals surface area contributed by atoms with Crippen LogP contribution < -0.4 is 5.19 Å². The summed E-state index contributed by atoms with van der Waals surface area (Å²) >= 11 is 0. The molecule has 0 aliphatic carbocycles. The fraction of sp³-hybridized carbons (Fsp3) is 0.0811. The molecule has 0 saturated heterocycles. The second-order valence-corrected chi connectivity index (χ2v) is 16.2. The summed E-state index contributed by atoms with van der Waals surface area (Å²) in [6.45, 7) is 7.16. The average Bonchev–Trinajstić information content (AvgIpc) is 3.01. The smallest absolute Gasteiger partial charge is 0.161 e. The fourth-order valence-electron chi connectivity index (χ4n) is 5.02. The molecule has 0 unspecified atom stereocenters. The van der Waals surface area contributed by atoms with Crippen LogP contribution in [0.25, 0.3) is 56.2 Å². The van der Waals surface area contributed by atoms with E-state index < -0.39 is 8.07 Å². The van der Waals surface area contributed by atoms with E-state index in [2.05, 4.69) is 123 Å². The molecule has 0 saturated carbocycles. The monoisotopic (exact) mass is 532 g/mol. The number of rotatable bonds is 6. The van der Waals surface area contributed by atoms with Gasteiger partial charge in [0.15, 0.2) is 5.82 Å². The molecule has 2 nitrogen and oxygen atoms in total. The molecule has 194 valence electrons. The van der Waals surface area contributed by atoms with Crippen LogP contribution in [0.1, 0.15) is 0 Å². The minimum Gasteiger partial charge on any atom is -0.228 e. The van der Waals surface area contributed by atoms with Crippen LogP contribution in [0, 0.1) is 0 Å². The van der Waals surface area contributed by atoms with Crippen molar-refractivity contribution in [3.8, 4) is 56.2 Å². The summed E-state index contributed by atoms with van der Waals surface area (Å²) in [5.41, 5.74) is 9.72. The maximum atomic E-state index is 5.07. The zero-order valence-corrected chi connectivity index (χ0v) is 24.2. The van der Waals surface area contributed by atoms with Crippen molar-refractivity contribution in [3.05, 3.63) is 140 Å².